The molecule has 2 aromatic rings. The fourth-order valence-corrected chi connectivity index (χ4v) is 5.95. The summed E-state index contributed by atoms with van der Waals surface area (Å²) in [5.41, 5.74) is 0.296. The summed E-state index contributed by atoms with van der Waals surface area (Å²) in [5, 5.41) is 0. The second-order valence-electron chi connectivity index (χ2n) is 8.52. The van der Waals surface area contributed by atoms with Gasteiger partial charge in [-0.15, -0.1) is 0 Å². The number of hydrogen-bond acceptors (Lipinski definition) is 5. The van der Waals surface area contributed by atoms with Crippen molar-refractivity contribution in [3.8, 4) is 11.5 Å². The number of para-hydroxylation sites is 1. The van der Waals surface area contributed by atoms with E-state index in [0.29, 0.717) is 31.8 Å². The lowest BCUT2D eigenvalue weighted by molar-refractivity contribution is 0.0773. The molecule has 1 aliphatic heterocycles. The molecule has 1 amide bonds. The Kier molecular flexibility index (Phi) is 7.79. The number of carbonyl (C=O) groups excluding carboxylic acids is 1. The molecule has 0 radical (unpaired) electrons. The monoisotopic (exact) mass is 460 g/mol. The first-order chi connectivity index (χ1) is 15.2. The van der Waals surface area contributed by atoms with Crippen LogP contribution in [0.2, 0.25) is 0 Å². The van der Waals surface area contributed by atoms with Gasteiger partial charge in [-0.2, -0.15) is 4.31 Å². The summed E-state index contributed by atoms with van der Waals surface area (Å²) >= 11 is 0. The molecule has 1 aliphatic rings. The zero-order valence-electron chi connectivity index (χ0n) is 19.2. The molecule has 0 bridgehead atoms. The Balaban J connectivity index is 1.76. The van der Waals surface area contributed by atoms with Crippen molar-refractivity contribution in [1.82, 2.24) is 9.21 Å². The Morgan fingerprint density at radius 2 is 1.75 bits per heavy atom. The lowest BCUT2D eigenvalue weighted by atomic mass is 9.94. The van der Waals surface area contributed by atoms with Crippen molar-refractivity contribution in [3.05, 3.63) is 54.1 Å². The lowest BCUT2D eigenvalue weighted by Gasteiger charge is -2.34. The highest BCUT2D eigenvalue weighted by atomic mass is 32.2. The van der Waals surface area contributed by atoms with E-state index in [2.05, 4.69) is 13.8 Å². The van der Waals surface area contributed by atoms with Crippen LogP contribution < -0.4 is 9.47 Å². The van der Waals surface area contributed by atoms with Crippen LogP contribution >= 0.6 is 0 Å². The predicted molar refractivity (Wildman–Crippen MR) is 124 cm³/mol. The lowest BCUT2D eigenvalue weighted by Crippen LogP contribution is -2.42. The van der Waals surface area contributed by atoms with Crippen molar-refractivity contribution in [3.63, 3.8) is 0 Å². The number of piperidine rings is 1. The van der Waals surface area contributed by atoms with Gasteiger partial charge in [-0.25, -0.2) is 8.42 Å². The van der Waals surface area contributed by atoms with Gasteiger partial charge < -0.3 is 14.4 Å². The number of nitrogens with zero attached hydrogens (tertiary/aromatic N) is 2. The topological polar surface area (TPSA) is 76.1 Å². The first-order valence-corrected chi connectivity index (χ1v) is 12.3. The Bertz CT molecular complexity index is 1020. The maximum absolute atomic E-state index is 13.4. The van der Waals surface area contributed by atoms with Crippen LogP contribution in [0.15, 0.2) is 53.4 Å². The van der Waals surface area contributed by atoms with Crippen LogP contribution in [0.3, 0.4) is 0 Å². The maximum Gasteiger partial charge on any atom is 0.253 e. The van der Waals surface area contributed by atoms with Crippen molar-refractivity contribution in [2.75, 3.05) is 40.4 Å². The molecule has 0 saturated carbocycles. The third kappa shape index (κ3) is 5.61. The van der Waals surface area contributed by atoms with E-state index in [4.69, 9.17) is 9.47 Å². The van der Waals surface area contributed by atoms with Gasteiger partial charge in [0.05, 0.1) is 13.7 Å². The zero-order valence-corrected chi connectivity index (χ0v) is 20.0. The Morgan fingerprint density at radius 3 is 2.38 bits per heavy atom. The molecule has 1 saturated heterocycles. The van der Waals surface area contributed by atoms with E-state index in [9.17, 15) is 13.2 Å². The van der Waals surface area contributed by atoms with Crippen molar-refractivity contribution >= 4 is 15.9 Å². The minimum Gasteiger partial charge on any atom is -0.495 e. The van der Waals surface area contributed by atoms with Crippen LogP contribution in [0.4, 0.5) is 0 Å². The standard InChI is InChI=1S/C24H32N2O5S/c1-18-14-19(2)17-26(16-18)32(28,29)23-15-20(10-11-22(23)30-4)24(27)25(3)12-13-31-21-8-6-5-7-9-21/h5-11,15,18-19H,12-14,16-17H2,1-4H3. The van der Waals surface area contributed by atoms with Gasteiger partial charge in [-0.05, 0) is 48.6 Å². The Morgan fingerprint density at radius 1 is 1.09 bits per heavy atom. The van der Waals surface area contributed by atoms with Crippen molar-refractivity contribution in [2.24, 2.45) is 11.8 Å². The average Bonchev–Trinajstić information content (AvgIpc) is 2.78. The highest BCUT2D eigenvalue weighted by molar-refractivity contribution is 7.89. The van der Waals surface area contributed by atoms with E-state index < -0.39 is 10.0 Å². The molecule has 1 heterocycles. The summed E-state index contributed by atoms with van der Waals surface area (Å²) in [6, 6.07) is 13.9. The van der Waals surface area contributed by atoms with Crippen LogP contribution in [0.5, 0.6) is 11.5 Å². The predicted octanol–water partition coefficient (Wildman–Crippen LogP) is 3.51. The normalized spacial score (nSPS) is 19.4. The largest absolute Gasteiger partial charge is 0.495 e. The number of rotatable bonds is 8. The number of benzene rings is 2. The quantitative estimate of drug-likeness (QED) is 0.603. The number of amides is 1. The summed E-state index contributed by atoms with van der Waals surface area (Å²) in [7, 11) is -0.688. The zero-order chi connectivity index (χ0) is 23.3. The fourth-order valence-electron chi connectivity index (χ4n) is 4.09. The number of ether oxygens (including phenoxy) is 2. The van der Waals surface area contributed by atoms with Gasteiger partial charge in [0, 0.05) is 25.7 Å². The van der Waals surface area contributed by atoms with E-state index in [1.54, 1.807) is 19.2 Å². The van der Waals surface area contributed by atoms with E-state index >= 15 is 0 Å². The number of hydrogen-bond donors (Lipinski definition) is 0. The van der Waals surface area contributed by atoms with Crippen molar-refractivity contribution in [2.45, 2.75) is 25.2 Å². The Hall–Kier alpha value is -2.58. The molecule has 2 unspecified atom stereocenters. The van der Waals surface area contributed by atoms with Gasteiger partial charge in [-0.1, -0.05) is 32.0 Å². The molecule has 0 aromatic heterocycles. The average molecular weight is 461 g/mol. The second-order valence-corrected chi connectivity index (χ2v) is 10.4. The third-order valence-electron chi connectivity index (χ3n) is 5.65. The number of sulfonamides is 1. The first-order valence-electron chi connectivity index (χ1n) is 10.8. The summed E-state index contributed by atoms with van der Waals surface area (Å²) in [5.74, 6) is 1.25. The summed E-state index contributed by atoms with van der Waals surface area (Å²) in [6.45, 7) is 5.74. The molecule has 7 nitrogen and oxygen atoms in total. The smallest absolute Gasteiger partial charge is 0.253 e. The van der Waals surface area contributed by atoms with Crippen LogP contribution in [0.25, 0.3) is 0 Å². The summed E-state index contributed by atoms with van der Waals surface area (Å²) in [4.78, 5) is 14.5. The highest BCUT2D eigenvalue weighted by Gasteiger charge is 2.34. The Labute approximate surface area is 191 Å². The van der Waals surface area contributed by atoms with Crippen LogP contribution in [-0.4, -0.2) is 63.9 Å². The molecule has 2 aromatic carbocycles. The molecule has 2 atom stereocenters. The number of likely N-dealkylation sites (N-methyl/N-ethyl adjacent to an activating group) is 1. The van der Waals surface area contributed by atoms with Gasteiger partial charge >= 0.3 is 0 Å². The summed E-state index contributed by atoms with van der Waals surface area (Å²) in [6.07, 6.45) is 0.998. The van der Waals surface area contributed by atoms with Gasteiger partial charge in [0.1, 0.15) is 23.0 Å². The minimum absolute atomic E-state index is 0.0288. The SMILES string of the molecule is COc1ccc(C(=O)N(C)CCOc2ccccc2)cc1S(=O)(=O)N1CC(C)CC(C)C1. The van der Waals surface area contributed by atoms with Gasteiger partial charge in [0.2, 0.25) is 10.0 Å². The minimum atomic E-state index is -3.79. The van der Waals surface area contributed by atoms with Crippen molar-refractivity contribution < 1.29 is 22.7 Å². The second kappa shape index (κ2) is 10.4. The summed E-state index contributed by atoms with van der Waals surface area (Å²) < 4.78 is 39.4. The molecule has 0 N–H and O–H groups in total. The van der Waals surface area contributed by atoms with Gasteiger partial charge in [0.15, 0.2) is 0 Å². The molecule has 0 spiro atoms. The van der Waals surface area contributed by atoms with E-state index in [1.807, 2.05) is 30.3 Å². The van der Waals surface area contributed by atoms with Crippen LogP contribution in [-0.2, 0) is 10.0 Å². The molecule has 8 heteroatoms. The van der Waals surface area contributed by atoms with Gasteiger partial charge in [0.25, 0.3) is 5.91 Å². The van der Waals surface area contributed by atoms with Crippen molar-refractivity contribution in [1.29, 1.82) is 0 Å². The molecule has 0 aliphatic carbocycles. The molecule has 32 heavy (non-hydrogen) atoms. The first kappa shape index (κ1) is 24.1. The number of methoxy groups -OCH3 is 1. The molecule has 174 valence electrons. The van der Waals surface area contributed by atoms with E-state index in [-0.39, 0.29) is 28.4 Å². The fraction of sp³-hybridized carbons (Fsp3) is 0.458. The van der Waals surface area contributed by atoms with E-state index in [1.165, 1.54) is 22.4 Å². The highest BCUT2D eigenvalue weighted by Crippen LogP contribution is 2.32. The van der Waals surface area contributed by atoms with E-state index in [0.717, 1.165) is 12.2 Å². The molecular weight excluding hydrogens is 428 g/mol. The maximum atomic E-state index is 13.4. The van der Waals surface area contributed by atoms with Crippen LogP contribution in [0.1, 0.15) is 30.6 Å². The third-order valence-corrected chi connectivity index (χ3v) is 7.50. The molecular formula is C24H32N2O5S. The molecule has 3 rings (SSSR count). The molecule has 1 fully saturated rings. The number of carbonyl (C=O) groups is 1. The van der Waals surface area contributed by atoms with Crippen LogP contribution in [0, 0.1) is 11.8 Å². The van der Waals surface area contributed by atoms with Gasteiger partial charge in [-0.3, -0.25) is 4.79 Å².